The van der Waals surface area contributed by atoms with E-state index < -0.39 is 4.92 Å². The van der Waals surface area contributed by atoms with Gasteiger partial charge in [0.15, 0.2) is 5.82 Å². The van der Waals surface area contributed by atoms with Gasteiger partial charge in [-0.25, -0.2) is 0 Å². The van der Waals surface area contributed by atoms with Gasteiger partial charge in [-0.05, 0) is 12.0 Å². The maximum atomic E-state index is 11.0. The predicted octanol–water partition coefficient (Wildman–Crippen LogP) is 2.51. The van der Waals surface area contributed by atoms with Crippen LogP contribution in [0.5, 0.6) is 0 Å². The van der Waals surface area contributed by atoms with E-state index in [1.54, 1.807) is 24.5 Å². The van der Waals surface area contributed by atoms with Crippen LogP contribution in [-0.2, 0) is 6.54 Å². The molecule has 0 fully saturated rings. The van der Waals surface area contributed by atoms with Gasteiger partial charge in [0, 0.05) is 12.6 Å². The lowest BCUT2D eigenvalue weighted by Gasteiger charge is -2.09. The Morgan fingerprint density at radius 1 is 1.39 bits per heavy atom. The monoisotopic (exact) mass is 246 g/mol. The molecule has 0 radical (unpaired) electrons. The van der Waals surface area contributed by atoms with E-state index in [4.69, 9.17) is 0 Å². The number of hydrogen-bond acceptors (Lipinski definition) is 4. The Morgan fingerprint density at radius 2 is 2.11 bits per heavy atom. The fourth-order valence-electron chi connectivity index (χ4n) is 1.81. The lowest BCUT2D eigenvalue weighted by molar-refractivity contribution is -0.384. The van der Waals surface area contributed by atoms with E-state index in [1.165, 1.54) is 6.07 Å². The van der Waals surface area contributed by atoms with Crippen molar-refractivity contribution in [3.8, 4) is 11.4 Å². The molecule has 0 spiro atoms. The lowest BCUT2D eigenvalue weighted by atomic mass is 10.1. The summed E-state index contributed by atoms with van der Waals surface area (Å²) in [5.74, 6) is 0.957. The Balaban J connectivity index is 2.49. The van der Waals surface area contributed by atoms with Crippen LogP contribution in [0.4, 0.5) is 5.69 Å². The maximum Gasteiger partial charge on any atom is 0.280 e. The van der Waals surface area contributed by atoms with Crippen molar-refractivity contribution in [2.45, 2.75) is 20.4 Å². The van der Waals surface area contributed by atoms with Crippen molar-refractivity contribution >= 4 is 5.69 Å². The predicted molar refractivity (Wildman–Crippen MR) is 67.0 cm³/mol. The number of nitro benzene ring substituents is 1. The fraction of sp³-hybridized carbons (Fsp3) is 0.333. The Kier molecular flexibility index (Phi) is 3.36. The summed E-state index contributed by atoms with van der Waals surface area (Å²) in [5, 5.41) is 18.8. The molecule has 6 heteroatoms. The molecule has 0 unspecified atom stereocenters. The number of aromatic nitrogens is 3. The lowest BCUT2D eigenvalue weighted by Crippen LogP contribution is -2.06. The first-order chi connectivity index (χ1) is 8.59. The molecular weight excluding hydrogens is 232 g/mol. The largest absolute Gasteiger partial charge is 0.313 e. The molecule has 1 aromatic carbocycles. The third-order valence-electron chi connectivity index (χ3n) is 2.52. The van der Waals surface area contributed by atoms with Crippen LogP contribution >= 0.6 is 0 Å². The number of hydrogen-bond donors (Lipinski definition) is 0. The van der Waals surface area contributed by atoms with Crippen molar-refractivity contribution in [3.05, 3.63) is 40.7 Å². The van der Waals surface area contributed by atoms with Crippen LogP contribution in [0.3, 0.4) is 0 Å². The average Bonchev–Trinajstić information content (AvgIpc) is 2.76. The highest BCUT2D eigenvalue weighted by molar-refractivity contribution is 5.67. The Bertz CT molecular complexity index is 563. The second kappa shape index (κ2) is 4.95. The first-order valence-electron chi connectivity index (χ1n) is 5.71. The Morgan fingerprint density at radius 3 is 2.78 bits per heavy atom. The highest BCUT2D eigenvalue weighted by Crippen LogP contribution is 2.27. The van der Waals surface area contributed by atoms with E-state index in [9.17, 15) is 10.1 Å². The first kappa shape index (κ1) is 12.2. The van der Waals surface area contributed by atoms with E-state index >= 15 is 0 Å². The minimum absolute atomic E-state index is 0.0514. The fourth-order valence-corrected chi connectivity index (χ4v) is 1.81. The third kappa shape index (κ3) is 2.37. The smallest absolute Gasteiger partial charge is 0.280 e. The van der Waals surface area contributed by atoms with Crippen LogP contribution in [0.15, 0.2) is 30.6 Å². The molecule has 94 valence electrons. The minimum atomic E-state index is -0.399. The van der Waals surface area contributed by atoms with Gasteiger partial charge in [-0.2, -0.15) is 0 Å². The molecule has 2 aromatic rings. The van der Waals surface area contributed by atoms with Gasteiger partial charge in [-0.1, -0.05) is 26.0 Å². The zero-order valence-electron chi connectivity index (χ0n) is 10.3. The summed E-state index contributed by atoms with van der Waals surface area (Å²) < 4.78 is 1.84. The van der Waals surface area contributed by atoms with Gasteiger partial charge in [0.1, 0.15) is 6.33 Å². The summed E-state index contributed by atoms with van der Waals surface area (Å²) in [7, 11) is 0. The van der Waals surface area contributed by atoms with Gasteiger partial charge in [0.25, 0.3) is 5.69 Å². The van der Waals surface area contributed by atoms with Crippen molar-refractivity contribution in [2.75, 3.05) is 0 Å². The maximum absolute atomic E-state index is 11.0. The van der Waals surface area contributed by atoms with Crippen molar-refractivity contribution in [1.29, 1.82) is 0 Å². The van der Waals surface area contributed by atoms with Crippen LogP contribution in [0, 0.1) is 16.0 Å². The Hall–Kier alpha value is -2.24. The van der Waals surface area contributed by atoms with Crippen LogP contribution in [0.25, 0.3) is 11.4 Å². The van der Waals surface area contributed by atoms with Gasteiger partial charge < -0.3 is 4.57 Å². The number of benzene rings is 1. The van der Waals surface area contributed by atoms with Gasteiger partial charge in [0.2, 0.25) is 0 Å². The molecule has 0 bridgehead atoms. The number of para-hydroxylation sites is 1. The van der Waals surface area contributed by atoms with Crippen LogP contribution in [0.2, 0.25) is 0 Å². The van der Waals surface area contributed by atoms with E-state index in [2.05, 4.69) is 24.0 Å². The molecule has 0 aliphatic rings. The molecule has 1 aromatic heterocycles. The summed E-state index contributed by atoms with van der Waals surface area (Å²) in [4.78, 5) is 10.6. The van der Waals surface area contributed by atoms with E-state index in [0.717, 1.165) is 6.54 Å². The van der Waals surface area contributed by atoms with Crippen LogP contribution in [-0.4, -0.2) is 19.7 Å². The van der Waals surface area contributed by atoms with E-state index in [0.29, 0.717) is 17.3 Å². The summed E-state index contributed by atoms with van der Waals surface area (Å²) in [5.41, 5.74) is 0.552. The zero-order valence-corrected chi connectivity index (χ0v) is 10.3. The number of rotatable bonds is 4. The topological polar surface area (TPSA) is 73.8 Å². The van der Waals surface area contributed by atoms with Crippen molar-refractivity contribution in [1.82, 2.24) is 14.8 Å². The van der Waals surface area contributed by atoms with Crippen molar-refractivity contribution in [2.24, 2.45) is 5.92 Å². The highest BCUT2D eigenvalue weighted by atomic mass is 16.6. The van der Waals surface area contributed by atoms with Gasteiger partial charge in [0.05, 0.1) is 10.5 Å². The molecule has 6 nitrogen and oxygen atoms in total. The summed E-state index contributed by atoms with van der Waals surface area (Å²) in [6, 6.07) is 6.57. The number of nitrogens with zero attached hydrogens (tertiary/aromatic N) is 4. The molecule has 1 heterocycles. The molecule has 0 aliphatic carbocycles. The van der Waals surface area contributed by atoms with Gasteiger partial charge in [-0.3, -0.25) is 10.1 Å². The molecule has 0 saturated heterocycles. The summed E-state index contributed by atoms with van der Waals surface area (Å²) in [6.45, 7) is 4.88. The number of nitro groups is 1. The quantitative estimate of drug-likeness (QED) is 0.613. The first-order valence-corrected chi connectivity index (χ1v) is 5.71. The van der Waals surface area contributed by atoms with Gasteiger partial charge in [-0.15, -0.1) is 10.2 Å². The SMILES string of the molecule is CC(C)Cn1cnnc1-c1ccccc1[N+](=O)[O-]. The second-order valence-electron chi connectivity index (χ2n) is 4.48. The van der Waals surface area contributed by atoms with Crippen LogP contribution < -0.4 is 0 Å². The second-order valence-corrected chi connectivity index (χ2v) is 4.48. The third-order valence-corrected chi connectivity index (χ3v) is 2.52. The molecule has 0 N–H and O–H groups in total. The summed E-state index contributed by atoms with van der Waals surface area (Å²) >= 11 is 0. The van der Waals surface area contributed by atoms with Crippen molar-refractivity contribution < 1.29 is 4.92 Å². The average molecular weight is 246 g/mol. The van der Waals surface area contributed by atoms with Crippen LogP contribution in [0.1, 0.15) is 13.8 Å². The minimum Gasteiger partial charge on any atom is -0.313 e. The van der Waals surface area contributed by atoms with Gasteiger partial charge >= 0.3 is 0 Å². The zero-order chi connectivity index (χ0) is 13.1. The standard InChI is InChI=1S/C12H14N4O2/c1-9(2)7-15-8-13-14-12(15)10-5-3-4-6-11(10)16(17)18/h3-6,8-9H,7H2,1-2H3. The summed E-state index contributed by atoms with van der Waals surface area (Å²) in [6.07, 6.45) is 1.60. The van der Waals surface area contributed by atoms with E-state index in [1.807, 2.05) is 4.57 Å². The Labute approximate surface area is 104 Å². The molecule has 0 atom stereocenters. The molecule has 18 heavy (non-hydrogen) atoms. The molecular formula is C12H14N4O2. The van der Waals surface area contributed by atoms with E-state index in [-0.39, 0.29) is 5.69 Å². The highest BCUT2D eigenvalue weighted by Gasteiger charge is 2.19. The molecule has 0 aliphatic heterocycles. The van der Waals surface area contributed by atoms with Crippen molar-refractivity contribution in [3.63, 3.8) is 0 Å². The molecule has 0 saturated carbocycles. The molecule has 0 amide bonds. The normalized spacial score (nSPS) is 10.8. The molecule has 2 rings (SSSR count).